The minimum absolute atomic E-state index is 0.0598. The van der Waals surface area contributed by atoms with Crippen molar-refractivity contribution >= 4 is 32.6 Å². The molecule has 0 amide bonds. The highest BCUT2D eigenvalue weighted by Gasteiger charge is 2.20. The Morgan fingerprint density at radius 2 is 1.82 bits per heavy atom. The Labute approximate surface area is 224 Å². The smallest absolute Gasteiger partial charge is 0.335 e. The number of benzene rings is 2. The van der Waals surface area contributed by atoms with E-state index in [1.807, 2.05) is 30.3 Å². The molecule has 0 bridgehead atoms. The Kier molecular flexibility index (Phi) is 6.92. The van der Waals surface area contributed by atoms with Crippen molar-refractivity contribution in [1.82, 2.24) is 15.0 Å². The zero-order chi connectivity index (χ0) is 27.6. The zero-order valence-electron chi connectivity index (χ0n) is 20.7. The van der Waals surface area contributed by atoms with Gasteiger partial charge in [0.05, 0.1) is 23.1 Å². The summed E-state index contributed by atoms with van der Waals surface area (Å²) in [7, 11) is -2.77. The third kappa shape index (κ3) is 5.26. The van der Waals surface area contributed by atoms with Crippen LogP contribution in [0.25, 0.3) is 33.2 Å². The molecule has 10 nitrogen and oxygen atoms in total. The molecule has 39 heavy (non-hydrogen) atoms. The van der Waals surface area contributed by atoms with Gasteiger partial charge in [0.25, 0.3) is 10.0 Å². The van der Waals surface area contributed by atoms with Crippen LogP contribution in [-0.4, -0.2) is 41.6 Å². The van der Waals surface area contributed by atoms with Crippen molar-refractivity contribution < 1.29 is 23.1 Å². The number of aromatic carboxylic acids is 1. The van der Waals surface area contributed by atoms with E-state index < -0.39 is 16.0 Å². The Morgan fingerprint density at radius 3 is 2.59 bits per heavy atom. The summed E-state index contributed by atoms with van der Waals surface area (Å²) in [5, 5.41) is 10.1. The minimum atomic E-state index is -4.15. The van der Waals surface area contributed by atoms with Crippen LogP contribution in [0.15, 0.2) is 90.3 Å². The predicted octanol–water partition coefficient (Wildman–Crippen LogP) is 4.33. The topological polar surface area (TPSA) is 157 Å². The van der Waals surface area contributed by atoms with Crippen molar-refractivity contribution in [2.45, 2.75) is 11.4 Å². The number of carboxylic acids is 1. The van der Waals surface area contributed by atoms with Gasteiger partial charge in [-0.05, 0) is 65.2 Å². The third-order valence-electron chi connectivity index (χ3n) is 6.10. The predicted molar refractivity (Wildman–Crippen MR) is 147 cm³/mol. The lowest BCUT2D eigenvalue weighted by atomic mass is 9.98. The molecular weight excluding hydrogens is 518 g/mol. The number of nitrogens with zero attached hydrogens (tertiary/aromatic N) is 3. The van der Waals surface area contributed by atoms with Crippen molar-refractivity contribution in [2.75, 3.05) is 11.8 Å². The molecule has 0 saturated heterocycles. The molecule has 0 fully saturated rings. The van der Waals surface area contributed by atoms with Crippen molar-refractivity contribution in [2.24, 2.45) is 5.73 Å². The lowest BCUT2D eigenvalue weighted by molar-refractivity contribution is 0.0696. The summed E-state index contributed by atoms with van der Waals surface area (Å²) >= 11 is 0. The number of carboxylic acid groups (broad SMARTS) is 1. The maximum Gasteiger partial charge on any atom is 0.335 e. The average molecular weight is 542 g/mol. The van der Waals surface area contributed by atoms with Gasteiger partial charge in [0, 0.05) is 47.8 Å². The first-order valence-corrected chi connectivity index (χ1v) is 13.2. The number of anilines is 1. The number of hydrogen-bond acceptors (Lipinski definition) is 8. The minimum Gasteiger partial charge on any atom is -0.480 e. The molecule has 196 valence electrons. The number of carbonyl (C=O) groups is 1. The van der Waals surface area contributed by atoms with Crippen molar-refractivity contribution in [3.63, 3.8) is 0 Å². The van der Waals surface area contributed by atoms with Crippen molar-refractivity contribution in [1.29, 1.82) is 0 Å². The van der Waals surface area contributed by atoms with Crippen LogP contribution in [0.4, 0.5) is 5.69 Å². The molecule has 2 aromatic carbocycles. The van der Waals surface area contributed by atoms with Crippen LogP contribution < -0.4 is 15.2 Å². The number of nitrogens with two attached hydrogens (primary N) is 1. The van der Waals surface area contributed by atoms with Gasteiger partial charge in [-0.3, -0.25) is 14.7 Å². The number of aromatic nitrogens is 3. The molecule has 5 rings (SSSR count). The molecule has 0 aliphatic rings. The van der Waals surface area contributed by atoms with E-state index >= 15 is 0 Å². The molecule has 3 aromatic heterocycles. The van der Waals surface area contributed by atoms with Gasteiger partial charge in [-0.1, -0.05) is 12.1 Å². The van der Waals surface area contributed by atoms with Crippen LogP contribution in [-0.2, 0) is 16.6 Å². The van der Waals surface area contributed by atoms with Gasteiger partial charge < -0.3 is 15.6 Å². The van der Waals surface area contributed by atoms with Gasteiger partial charge in [-0.25, -0.2) is 18.2 Å². The Bertz CT molecular complexity index is 1830. The maximum atomic E-state index is 13.1. The van der Waals surface area contributed by atoms with E-state index in [9.17, 15) is 18.3 Å². The maximum absolute atomic E-state index is 13.1. The number of hydrogen-bond donors (Lipinski definition) is 3. The van der Waals surface area contributed by atoms with E-state index in [0.29, 0.717) is 12.1 Å². The number of rotatable bonds is 8. The molecule has 11 heteroatoms. The lowest BCUT2D eigenvalue weighted by Gasteiger charge is -2.14. The van der Waals surface area contributed by atoms with E-state index in [2.05, 4.69) is 19.7 Å². The number of fused-ring (bicyclic) bond motifs is 1. The summed E-state index contributed by atoms with van der Waals surface area (Å²) in [5.74, 6) is -1.17. The van der Waals surface area contributed by atoms with E-state index in [0.717, 1.165) is 39.2 Å². The first-order chi connectivity index (χ1) is 18.8. The summed E-state index contributed by atoms with van der Waals surface area (Å²) in [6.07, 6.45) is 6.80. The monoisotopic (exact) mass is 541 g/mol. The van der Waals surface area contributed by atoms with E-state index in [1.165, 1.54) is 25.3 Å². The standard InChI is InChI=1S/C28H23N5O5S/c1-38-27-26(33-39(36,37)22-4-2-3-19(10-22)28(34)35)12-20(16-32-27)18-5-6-25-24(11-18)23(7-8-31-25)21-9-17(13-29)14-30-15-21/h2-12,14-16,33H,13,29H2,1H3,(H,34,35). The quantitative estimate of drug-likeness (QED) is 0.260. The summed E-state index contributed by atoms with van der Waals surface area (Å²) < 4.78 is 34.0. The van der Waals surface area contributed by atoms with Crippen molar-refractivity contribution in [3.8, 4) is 28.1 Å². The van der Waals surface area contributed by atoms with Gasteiger partial charge in [-0.15, -0.1) is 0 Å². The molecule has 0 unspecified atom stereocenters. The van der Waals surface area contributed by atoms with E-state index in [4.69, 9.17) is 10.5 Å². The summed E-state index contributed by atoms with van der Waals surface area (Å²) in [5.41, 5.74) is 10.6. The second-order valence-electron chi connectivity index (χ2n) is 8.60. The fourth-order valence-corrected chi connectivity index (χ4v) is 5.26. The highest BCUT2D eigenvalue weighted by molar-refractivity contribution is 7.92. The second kappa shape index (κ2) is 10.5. The van der Waals surface area contributed by atoms with Crippen LogP contribution in [0.5, 0.6) is 5.88 Å². The largest absolute Gasteiger partial charge is 0.480 e. The summed E-state index contributed by atoms with van der Waals surface area (Å²) in [4.78, 5) is 24.2. The fraction of sp³-hybridized carbons (Fsp3) is 0.0714. The Hall–Kier alpha value is -4.87. The number of pyridine rings is 3. The fourth-order valence-electron chi connectivity index (χ4n) is 4.17. The molecule has 3 heterocycles. The number of nitrogens with one attached hydrogen (secondary N) is 1. The van der Waals surface area contributed by atoms with Crippen LogP contribution in [0.3, 0.4) is 0 Å². The van der Waals surface area contributed by atoms with Crippen LogP contribution in [0, 0.1) is 0 Å². The molecule has 0 aliphatic carbocycles. The molecule has 0 saturated carbocycles. The molecular formula is C28H23N5O5S. The third-order valence-corrected chi connectivity index (χ3v) is 7.46. The van der Waals surface area contributed by atoms with Gasteiger partial charge in [0.1, 0.15) is 5.69 Å². The normalized spacial score (nSPS) is 11.3. The highest BCUT2D eigenvalue weighted by atomic mass is 32.2. The van der Waals surface area contributed by atoms with Crippen LogP contribution in [0.2, 0.25) is 0 Å². The lowest BCUT2D eigenvalue weighted by Crippen LogP contribution is -2.15. The first kappa shape index (κ1) is 25.8. The molecule has 4 N–H and O–H groups in total. The zero-order valence-corrected chi connectivity index (χ0v) is 21.5. The van der Waals surface area contributed by atoms with Gasteiger partial charge in [0.2, 0.25) is 5.88 Å². The molecule has 0 spiro atoms. The number of methoxy groups -OCH3 is 1. The van der Waals surface area contributed by atoms with E-state index in [1.54, 1.807) is 30.9 Å². The SMILES string of the molecule is COc1ncc(-c2ccc3nccc(-c4cncc(CN)c4)c3c2)cc1NS(=O)(=O)c1cccc(C(=O)O)c1. The molecule has 0 radical (unpaired) electrons. The summed E-state index contributed by atoms with van der Waals surface area (Å²) in [6, 6.07) is 16.3. The second-order valence-corrected chi connectivity index (χ2v) is 10.3. The van der Waals surface area contributed by atoms with Crippen molar-refractivity contribution in [3.05, 3.63) is 96.6 Å². The average Bonchev–Trinajstić information content (AvgIpc) is 2.96. The van der Waals surface area contributed by atoms with Crippen LogP contribution >= 0.6 is 0 Å². The van der Waals surface area contributed by atoms with Gasteiger partial charge in [0.15, 0.2) is 0 Å². The summed E-state index contributed by atoms with van der Waals surface area (Å²) in [6.45, 7) is 0.367. The van der Waals surface area contributed by atoms with Gasteiger partial charge >= 0.3 is 5.97 Å². The Balaban J connectivity index is 1.57. The Morgan fingerprint density at radius 1 is 0.974 bits per heavy atom. The molecule has 0 aliphatic heterocycles. The van der Waals surface area contributed by atoms with E-state index in [-0.39, 0.29) is 22.0 Å². The van der Waals surface area contributed by atoms with Gasteiger partial charge in [-0.2, -0.15) is 0 Å². The molecule has 5 aromatic rings. The van der Waals surface area contributed by atoms with Crippen LogP contribution in [0.1, 0.15) is 15.9 Å². The first-order valence-electron chi connectivity index (χ1n) is 11.7. The number of sulfonamides is 1. The molecule has 0 atom stereocenters. The highest BCUT2D eigenvalue weighted by Crippen LogP contribution is 2.34. The number of ether oxygens (including phenoxy) is 1.